The van der Waals surface area contributed by atoms with Gasteiger partial charge in [0.05, 0.1) is 6.54 Å². The van der Waals surface area contributed by atoms with Gasteiger partial charge in [0.2, 0.25) is 12.7 Å². The van der Waals surface area contributed by atoms with Crippen LogP contribution >= 0.6 is 11.6 Å². The summed E-state index contributed by atoms with van der Waals surface area (Å²) in [5.74, 6) is 1.64. The topological polar surface area (TPSA) is 76.8 Å². The number of nitrogens with zero attached hydrogens (tertiary/aromatic N) is 2. The third-order valence-corrected chi connectivity index (χ3v) is 6.00. The van der Waals surface area contributed by atoms with Gasteiger partial charge in [-0.25, -0.2) is 4.98 Å². The smallest absolute Gasteiger partial charge is 0.273 e. The Bertz CT molecular complexity index is 1310. The second-order valence-electron chi connectivity index (χ2n) is 8.22. The Labute approximate surface area is 208 Å². The van der Waals surface area contributed by atoms with E-state index in [1.54, 1.807) is 0 Å². The number of nitrogens with one attached hydrogen (secondary N) is 1. The molecule has 0 fully saturated rings. The van der Waals surface area contributed by atoms with Gasteiger partial charge >= 0.3 is 0 Å². The number of ether oxygens (including phenoxy) is 2. The Morgan fingerprint density at radius 1 is 0.914 bits per heavy atom. The number of halogens is 1. The summed E-state index contributed by atoms with van der Waals surface area (Å²) in [6.45, 7) is 2.22. The zero-order valence-corrected chi connectivity index (χ0v) is 19.7. The summed E-state index contributed by atoms with van der Waals surface area (Å²) in [4.78, 5) is 19.1. The molecule has 5 rings (SSSR count). The number of hydrogen-bond acceptors (Lipinski definition) is 6. The lowest BCUT2D eigenvalue weighted by Gasteiger charge is -2.21. The third kappa shape index (κ3) is 5.82. The normalized spacial score (nSPS) is 12.2. The van der Waals surface area contributed by atoms with Crippen molar-refractivity contribution in [2.24, 2.45) is 0 Å². The van der Waals surface area contributed by atoms with Crippen LogP contribution < -0.4 is 14.8 Å². The van der Waals surface area contributed by atoms with Gasteiger partial charge < -0.3 is 19.2 Å². The maximum Gasteiger partial charge on any atom is 0.273 e. The predicted octanol–water partition coefficient (Wildman–Crippen LogP) is 5.19. The number of fused-ring (bicyclic) bond motifs is 1. The molecule has 0 saturated carbocycles. The molecule has 1 N–H and O–H groups in total. The number of carbonyl (C=O) groups excluding carboxylic acids is 1. The molecule has 2 heterocycles. The Morgan fingerprint density at radius 2 is 1.71 bits per heavy atom. The molecule has 0 saturated heterocycles. The fraction of sp³-hybridized carbons (Fsp3) is 0.185. The Morgan fingerprint density at radius 3 is 2.57 bits per heavy atom. The number of benzene rings is 3. The fourth-order valence-corrected chi connectivity index (χ4v) is 4.08. The monoisotopic (exact) mass is 489 g/mol. The van der Waals surface area contributed by atoms with Gasteiger partial charge in [-0.3, -0.25) is 9.69 Å². The van der Waals surface area contributed by atoms with Crippen molar-refractivity contribution in [1.82, 2.24) is 15.2 Å². The van der Waals surface area contributed by atoms with Gasteiger partial charge in [0.15, 0.2) is 17.2 Å². The maximum absolute atomic E-state index is 12.6. The standard InChI is InChI=1S/C27H24ClN3O4/c28-22-9-5-4-8-21(22)15-31(14-20-10-11-24-25(12-20)35-18-34-24)16-26-30-23(17-33-26)27(32)29-13-19-6-2-1-3-7-19/h1-12,17H,13-16,18H2,(H,29,32). The predicted molar refractivity (Wildman–Crippen MR) is 131 cm³/mol. The molecular weight excluding hydrogens is 466 g/mol. The lowest BCUT2D eigenvalue weighted by atomic mass is 10.1. The van der Waals surface area contributed by atoms with E-state index in [-0.39, 0.29) is 18.4 Å². The highest BCUT2D eigenvalue weighted by Crippen LogP contribution is 2.33. The molecule has 1 amide bonds. The molecule has 0 spiro atoms. The van der Waals surface area contributed by atoms with E-state index in [1.165, 1.54) is 6.26 Å². The van der Waals surface area contributed by atoms with Gasteiger partial charge in [-0.2, -0.15) is 0 Å². The van der Waals surface area contributed by atoms with E-state index in [0.29, 0.717) is 37.1 Å². The zero-order valence-electron chi connectivity index (χ0n) is 18.9. The van der Waals surface area contributed by atoms with Gasteiger partial charge in [0.1, 0.15) is 6.26 Å². The number of carbonyl (C=O) groups is 1. The highest BCUT2D eigenvalue weighted by Gasteiger charge is 2.18. The minimum absolute atomic E-state index is 0.230. The van der Waals surface area contributed by atoms with Crippen LogP contribution in [0.3, 0.4) is 0 Å². The molecule has 7 nitrogen and oxygen atoms in total. The summed E-state index contributed by atoms with van der Waals surface area (Å²) < 4.78 is 16.6. The van der Waals surface area contributed by atoms with Gasteiger partial charge in [0, 0.05) is 24.7 Å². The molecule has 0 unspecified atom stereocenters. The van der Waals surface area contributed by atoms with E-state index in [2.05, 4.69) is 15.2 Å². The quantitative estimate of drug-likeness (QED) is 0.348. The van der Waals surface area contributed by atoms with E-state index < -0.39 is 0 Å². The summed E-state index contributed by atoms with van der Waals surface area (Å²) in [6.07, 6.45) is 1.39. The van der Waals surface area contributed by atoms with Gasteiger partial charge in [-0.15, -0.1) is 0 Å². The average molecular weight is 490 g/mol. The Balaban J connectivity index is 1.29. The molecule has 4 aromatic rings. The van der Waals surface area contributed by atoms with Crippen molar-refractivity contribution in [3.8, 4) is 11.5 Å². The molecule has 1 aliphatic rings. The molecular formula is C27H24ClN3O4. The van der Waals surface area contributed by atoms with Crippen LogP contribution in [0.2, 0.25) is 5.02 Å². The van der Waals surface area contributed by atoms with E-state index in [4.69, 9.17) is 25.5 Å². The Hall–Kier alpha value is -3.81. The van der Waals surface area contributed by atoms with Crippen LogP contribution in [-0.2, 0) is 26.2 Å². The van der Waals surface area contributed by atoms with Crippen molar-refractivity contribution in [2.45, 2.75) is 26.2 Å². The van der Waals surface area contributed by atoms with Crippen LogP contribution in [0.25, 0.3) is 0 Å². The number of amides is 1. The summed E-state index contributed by atoms with van der Waals surface area (Å²) in [5.41, 5.74) is 3.30. The molecule has 1 aliphatic heterocycles. The molecule has 178 valence electrons. The highest BCUT2D eigenvalue weighted by atomic mass is 35.5. The summed E-state index contributed by atoms with van der Waals surface area (Å²) in [7, 11) is 0. The van der Waals surface area contributed by atoms with Crippen molar-refractivity contribution in [2.75, 3.05) is 6.79 Å². The number of aromatic nitrogens is 1. The summed E-state index contributed by atoms with van der Waals surface area (Å²) in [5, 5.41) is 3.57. The van der Waals surface area contributed by atoms with E-state index in [9.17, 15) is 4.79 Å². The van der Waals surface area contributed by atoms with Crippen molar-refractivity contribution in [3.05, 3.63) is 112 Å². The SMILES string of the molecule is O=C(NCc1ccccc1)c1coc(CN(Cc2ccc3c(c2)OCO3)Cc2ccccc2Cl)n1. The van der Waals surface area contributed by atoms with Gasteiger partial charge in [0.25, 0.3) is 5.91 Å². The van der Waals surface area contributed by atoms with Crippen molar-refractivity contribution in [1.29, 1.82) is 0 Å². The first kappa shape index (κ1) is 23.0. The molecule has 0 bridgehead atoms. The first-order chi connectivity index (χ1) is 17.1. The molecule has 8 heteroatoms. The van der Waals surface area contributed by atoms with E-state index in [0.717, 1.165) is 28.2 Å². The van der Waals surface area contributed by atoms with Crippen LogP contribution in [0.5, 0.6) is 11.5 Å². The summed E-state index contributed by atoms with van der Waals surface area (Å²) >= 11 is 6.43. The molecule has 0 radical (unpaired) electrons. The fourth-order valence-electron chi connectivity index (χ4n) is 3.88. The third-order valence-electron chi connectivity index (χ3n) is 5.63. The average Bonchev–Trinajstić information content (AvgIpc) is 3.54. The number of hydrogen-bond donors (Lipinski definition) is 1. The first-order valence-electron chi connectivity index (χ1n) is 11.2. The molecule has 35 heavy (non-hydrogen) atoms. The lowest BCUT2D eigenvalue weighted by molar-refractivity contribution is 0.0945. The second kappa shape index (κ2) is 10.6. The molecule has 0 atom stereocenters. The minimum atomic E-state index is -0.280. The first-order valence-corrected chi connectivity index (χ1v) is 11.6. The van der Waals surface area contributed by atoms with Crippen LogP contribution in [0, 0.1) is 0 Å². The Kier molecular flexibility index (Phi) is 6.97. The maximum atomic E-state index is 12.6. The van der Waals surface area contributed by atoms with Crippen molar-refractivity contribution < 1.29 is 18.7 Å². The largest absolute Gasteiger partial charge is 0.454 e. The molecule has 0 aliphatic carbocycles. The molecule has 3 aromatic carbocycles. The second-order valence-corrected chi connectivity index (χ2v) is 8.63. The number of oxazole rings is 1. The van der Waals surface area contributed by atoms with Crippen LogP contribution in [-0.4, -0.2) is 22.6 Å². The molecule has 1 aromatic heterocycles. The lowest BCUT2D eigenvalue weighted by Crippen LogP contribution is -2.24. The number of rotatable bonds is 9. The minimum Gasteiger partial charge on any atom is -0.454 e. The van der Waals surface area contributed by atoms with Crippen molar-refractivity contribution >= 4 is 17.5 Å². The van der Waals surface area contributed by atoms with Crippen LogP contribution in [0.15, 0.2) is 83.5 Å². The summed E-state index contributed by atoms with van der Waals surface area (Å²) in [6, 6.07) is 23.3. The van der Waals surface area contributed by atoms with E-state index >= 15 is 0 Å². The van der Waals surface area contributed by atoms with Crippen LogP contribution in [0.4, 0.5) is 0 Å². The zero-order chi connectivity index (χ0) is 24.0. The van der Waals surface area contributed by atoms with Gasteiger partial charge in [-0.1, -0.05) is 66.2 Å². The highest BCUT2D eigenvalue weighted by molar-refractivity contribution is 6.31. The van der Waals surface area contributed by atoms with E-state index in [1.807, 2.05) is 72.8 Å². The van der Waals surface area contributed by atoms with Gasteiger partial charge in [-0.05, 0) is 34.9 Å². The van der Waals surface area contributed by atoms with Crippen LogP contribution in [0.1, 0.15) is 33.1 Å². The van der Waals surface area contributed by atoms with Crippen molar-refractivity contribution in [3.63, 3.8) is 0 Å².